The Hall–Kier alpha value is -2.82. The zero-order chi connectivity index (χ0) is 17.5. The number of nitrogens with zero attached hydrogens (tertiary/aromatic N) is 1. The maximum Gasteiger partial charge on any atom is 0.277 e. The van der Waals surface area contributed by atoms with Crippen molar-refractivity contribution >= 4 is 11.6 Å². The highest BCUT2D eigenvalue weighted by atomic mass is 16.5. The molecule has 0 bridgehead atoms. The van der Waals surface area contributed by atoms with Crippen LogP contribution in [0.15, 0.2) is 47.6 Å². The number of benzene rings is 2. The van der Waals surface area contributed by atoms with Crippen molar-refractivity contribution in [3.05, 3.63) is 59.2 Å². The number of carbonyl (C=O) groups is 1. The van der Waals surface area contributed by atoms with E-state index in [4.69, 9.17) is 9.47 Å². The van der Waals surface area contributed by atoms with Gasteiger partial charge in [-0.05, 0) is 73.9 Å². The van der Waals surface area contributed by atoms with Crippen molar-refractivity contribution in [3.63, 3.8) is 0 Å². The maximum absolute atomic E-state index is 11.9. The molecule has 0 aliphatic heterocycles. The summed E-state index contributed by atoms with van der Waals surface area (Å²) < 4.78 is 10.6. The van der Waals surface area contributed by atoms with Crippen LogP contribution in [-0.4, -0.2) is 25.3 Å². The molecule has 2 aromatic rings. The van der Waals surface area contributed by atoms with Crippen LogP contribution < -0.4 is 14.9 Å². The Labute approximate surface area is 142 Å². The summed E-state index contributed by atoms with van der Waals surface area (Å²) in [6.07, 6.45) is 0. The third kappa shape index (κ3) is 5.12. The van der Waals surface area contributed by atoms with Crippen molar-refractivity contribution in [3.8, 4) is 11.5 Å². The van der Waals surface area contributed by atoms with Gasteiger partial charge in [-0.1, -0.05) is 6.07 Å². The number of hydrazone groups is 1. The van der Waals surface area contributed by atoms with Crippen molar-refractivity contribution in [1.29, 1.82) is 0 Å². The molecule has 0 aliphatic rings. The van der Waals surface area contributed by atoms with E-state index in [0.717, 1.165) is 22.4 Å². The second-order valence-electron chi connectivity index (χ2n) is 5.57. The van der Waals surface area contributed by atoms with Crippen LogP contribution in [0.3, 0.4) is 0 Å². The van der Waals surface area contributed by atoms with E-state index in [1.807, 2.05) is 57.2 Å². The van der Waals surface area contributed by atoms with Crippen LogP contribution in [-0.2, 0) is 4.79 Å². The molecule has 0 heterocycles. The summed E-state index contributed by atoms with van der Waals surface area (Å²) in [5, 5.41) is 4.09. The molecule has 1 amide bonds. The van der Waals surface area contributed by atoms with E-state index in [9.17, 15) is 4.79 Å². The van der Waals surface area contributed by atoms with Crippen molar-refractivity contribution in [2.75, 3.05) is 13.7 Å². The second kappa shape index (κ2) is 8.15. The first-order valence-corrected chi connectivity index (χ1v) is 7.66. The largest absolute Gasteiger partial charge is 0.497 e. The third-order valence-electron chi connectivity index (χ3n) is 3.42. The summed E-state index contributed by atoms with van der Waals surface area (Å²) in [5.74, 6) is 1.15. The molecule has 1 N–H and O–H groups in total. The average molecular weight is 326 g/mol. The van der Waals surface area contributed by atoms with Gasteiger partial charge in [0.2, 0.25) is 0 Å². The molecule has 0 fully saturated rings. The van der Waals surface area contributed by atoms with Crippen molar-refractivity contribution in [1.82, 2.24) is 5.43 Å². The minimum atomic E-state index is -0.304. The van der Waals surface area contributed by atoms with Gasteiger partial charge in [-0.15, -0.1) is 0 Å². The SMILES string of the molecule is COc1ccc(/C(C)=N/NC(=O)COc2cc(C)cc(C)c2)cc1. The fraction of sp³-hybridized carbons (Fsp3) is 0.263. The van der Waals surface area contributed by atoms with Gasteiger partial charge in [-0.25, -0.2) is 5.43 Å². The molecule has 0 saturated carbocycles. The lowest BCUT2D eigenvalue weighted by Crippen LogP contribution is -2.25. The summed E-state index contributed by atoms with van der Waals surface area (Å²) in [7, 11) is 1.62. The van der Waals surface area contributed by atoms with Crippen molar-refractivity contribution < 1.29 is 14.3 Å². The van der Waals surface area contributed by atoms with Gasteiger partial charge in [0.05, 0.1) is 12.8 Å². The quantitative estimate of drug-likeness (QED) is 0.655. The van der Waals surface area contributed by atoms with E-state index in [2.05, 4.69) is 16.6 Å². The Morgan fingerprint density at radius 1 is 1.04 bits per heavy atom. The monoisotopic (exact) mass is 326 g/mol. The maximum atomic E-state index is 11.9. The zero-order valence-corrected chi connectivity index (χ0v) is 14.4. The van der Waals surface area contributed by atoms with Crippen LogP contribution in [0.2, 0.25) is 0 Å². The van der Waals surface area contributed by atoms with Gasteiger partial charge in [-0.2, -0.15) is 5.10 Å². The summed E-state index contributed by atoms with van der Waals surface area (Å²) >= 11 is 0. The summed E-state index contributed by atoms with van der Waals surface area (Å²) in [5.41, 5.74) is 6.31. The van der Waals surface area contributed by atoms with Gasteiger partial charge >= 0.3 is 0 Å². The van der Waals surface area contributed by atoms with Crippen LogP contribution in [0.5, 0.6) is 11.5 Å². The Morgan fingerprint density at radius 3 is 2.25 bits per heavy atom. The Bertz CT molecular complexity index is 717. The van der Waals surface area contributed by atoms with Crippen LogP contribution >= 0.6 is 0 Å². The molecule has 0 atom stereocenters. The molecule has 126 valence electrons. The van der Waals surface area contributed by atoms with Gasteiger partial charge in [0.25, 0.3) is 5.91 Å². The molecule has 0 saturated heterocycles. The summed E-state index contributed by atoms with van der Waals surface area (Å²) in [6, 6.07) is 13.3. The smallest absolute Gasteiger partial charge is 0.277 e. The minimum absolute atomic E-state index is 0.0811. The number of carbonyl (C=O) groups excluding carboxylic acids is 1. The Morgan fingerprint density at radius 2 is 1.67 bits per heavy atom. The van der Waals surface area contributed by atoms with Crippen molar-refractivity contribution in [2.24, 2.45) is 5.10 Å². The number of ether oxygens (including phenoxy) is 2. The minimum Gasteiger partial charge on any atom is -0.497 e. The van der Waals surface area contributed by atoms with Gasteiger partial charge in [0, 0.05) is 0 Å². The average Bonchev–Trinajstić information content (AvgIpc) is 2.57. The number of hydrogen-bond acceptors (Lipinski definition) is 4. The van der Waals surface area contributed by atoms with Crippen LogP contribution in [0.4, 0.5) is 0 Å². The van der Waals surface area contributed by atoms with Crippen molar-refractivity contribution in [2.45, 2.75) is 20.8 Å². The lowest BCUT2D eigenvalue weighted by atomic mass is 10.1. The molecule has 2 aromatic carbocycles. The predicted molar refractivity (Wildman–Crippen MR) is 94.8 cm³/mol. The van der Waals surface area contributed by atoms with E-state index in [0.29, 0.717) is 11.5 Å². The van der Waals surface area contributed by atoms with Crippen LogP contribution in [0.25, 0.3) is 0 Å². The van der Waals surface area contributed by atoms with Gasteiger partial charge < -0.3 is 9.47 Å². The molecule has 0 spiro atoms. The lowest BCUT2D eigenvalue weighted by molar-refractivity contribution is -0.123. The molecule has 0 radical (unpaired) electrons. The first kappa shape index (κ1) is 17.5. The third-order valence-corrected chi connectivity index (χ3v) is 3.42. The first-order chi connectivity index (χ1) is 11.5. The normalized spacial score (nSPS) is 11.1. The van der Waals surface area contributed by atoms with E-state index >= 15 is 0 Å². The standard InChI is InChI=1S/C19H22N2O3/c1-13-9-14(2)11-18(10-13)24-12-19(22)21-20-15(3)16-5-7-17(23-4)8-6-16/h5-11H,12H2,1-4H3,(H,21,22)/b20-15+. The molecule has 0 aromatic heterocycles. The molecule has 0 aliphatic carbocycles. The van der Waals surface area contributed by atoms with E-state index in [1.165, 1.54) is 0 Å². The lowest BCUT2D eigenvalue weighted by Gasteiger charge is -2.08. The highest BCUT2D eigenvalue weighted by molar-refractivity contribution is 5.99. The number of nitrogens with one attached hydrogen (secondary N) is 1. The van der Waals surface area contributed by atoms with E-state index < -0.39 is 0 Å². The Balaban J connectivity index is 1.89. The van der Waals surface area contributed by atoms with E-state index in [-0.39, 0.29) is 12.5 Å². The molecule has 5 nitrogen and oxygen atoms in total. The molecular weight excluding hydrogens is 304 g/mol. The van der Waals surface area contributed by atoms with Gasteiger partial charge in [0.1, 0.15) is 11.5 Å². The van der Waals surface area contributed by atoms with Crippen LogP contribution in [0, 0.1) is 13.8 Å². The van der Waals surface area contributed by atoms with E-state index in [1.54, 1.807) is 7.11 Å². The first-order valence-electron chi connectivity index (χ1n) is 7.66. The molecule has 24 heavy (non-hydrogen) atoms. The number of rotatable bonds is 6. The number of amides is 1. The van der Waals surface area contributed by atoms with Gasteiger partial charge in [0.15, 0.2) is 6.61 Å². The predicted octanol–water partition coefficient (Wildman–Crippen LogP) is 3.23. The highest BCUT2D eigenvalue weighted by Crippen LogP contribution is 2.16. The number of methoxy groups -OCH3 is 1. The summed E-state index contributed by atoms with van der Waals surface area (Å²) in [6.45, 7) is 5.72. The highest BCUT2D eigenvalue weighted by Gasteiger charge is 2.04. The molecular formula is C19H22N2O3. The topological polar surface area (TPSA) is 59.9 Å². The number of aryl methyl sites for hydroxylation is 2. The second-order valence-corrected chi connectivity index (χ2v) is 5.57. The molecule has 5 heteroatoms. The number of hydrogen-bond donors (Lipinski definition) is 1. The van der Waals surface area contributed by atoms with Gasteiger partial charge in [-0.3, -0.25) is 4.79 Å². The summed E-state index contributed by atoms with van der Waals surface area (Å²) in [4.78, 5) is 11.9. The fourth-order valence-electron chi connectivity index (χ4n) is 2.24. The fourth-order valence-corrected chi connectivity index (χ4v) is 2.24. The Kier molecular flexibility index (Phi) is 5.95. The zero-order valence-electron chi connectivity index (χ0n) is 14.4. The molecule has 2 rings (SSSR count). The molecule has 0 unspecified atom stereocenters. The van der Waals surface area contributed by atoms with Crippen LogP contribution in [0.1, 0.15) is 23.6 Å².